The van der Waals surface area contributed by atoms with Crippen molar-refractivity contribution in [3.05, 3.63) is 94.1 Å². The van der Waals surface area contributed by atoms with Gasteiger partial charge in [-0.3, -0.25) is 14.5 Å². The molecule has 1 unspecified atom stereocenters. The summed E-state index contributed by atoms with van der Waals surface area (Å²) >= 11 is 6.09. The Bertz CT molecular complexity index is 1150. The molecule has 0 spiro atoms. The molecule has 2 N–H and O–H groups in total. The number of aliphatic hydroxyl groups excluding tert-OH is 1. The van der Waals surface area contributed by atoms with Crippen molar-refractivity contribution in [1.82, 2.24) is 0 Å². The van der Waals surface area contributed by atoms with Gasteiger partial charge in [0.05, 0.1) is 22.9 Å². The Morgan fingerprint density at radius 2 is 1.87 bits per heavy atom. The molecular formula is C23H18ClNO5. The minimum absolute atomic E-state index is 0.00223. The number of rotatable bonds is 5. The molecule has 1 amide bonds. The third-order valence-electron chi connectivity index (χ3n) is 5.11. The molecule has 1 atom stereocenters. The van der Waals surface area contributed by atoms with E-state index in [0.29, 0.717) is 11.3 Å². The highest BCUT2D eigenvalue weighted by molar-refractivity contribution is 6.32. The van der Waals surface area contributed by atoms with E-state index in [1.807, 2.05) is 19.1 Å². The lowest BCUT2D eigenvalue weighted by Crippen LogP contribution is -2.31. The SMILES string of the molecule is CCc1ccc(N2C(=O)C(O)=C(C(=O)c3ccco3)C2c2ccc(O)c(Cl)c2)cc1. The number of aliphatic hydroxyl groups is 1. The van der Waals surface area contributed by atoms with Crippen molar-refractivity contribution in [3.8, 4) is 5.75 Å². The van der Waals surface area contributed by atoms with Gasteiger partial charge < -0.3 is 14.6 Å². The zero-order chi connectivity index (χ0) is 21.4. The molecule has 1 aliphatic heterocycles. The molecule has 0 saturated carbocycles. The van der Waals surface area contributed by atoms with E-state index in [9.17, 15) is 19.8 Å². The van der Waals surface area contributed by atoms with Crippen LogP contribution in [0.1, 0.15) is 34.6 Å². The van der Waals surface area contributed by atoms with Gasteiger partial charge in [-0.2, -0.15) is 0 Å². The standard InChI is InChI=1S/C23H18ClNO5/c1-2-13-5-8-15(9-6-13)25-20(14-7-10-17(26)16(24)12-14)19(22(28)23(25)29)21(27)18-4-3-11-30-18/h3-12,20,26,28H,2H2,1H3. The van der Waals surface area contributed by atoms with Crippen LogP contribution in [0.5, 0.6) is 5.75 Å². The van der Waals surface area contributed by atoms with Crippen LogP contribution in [0, 0.1) is 0 Å². The molecule has 2 aromatic carbocycles. The minimum atomic E-state index is -0.944. The van der Waals surface area contributed by atoms with Crippen LogP contribution in [0.4, 0.5) is 5.69 Å². The van der Waals surface area contributed by atoms with Crippen LogP contribution in [0.15, 0.2) is 76.6 Å². The van der Waals surface area contributed by atoms with Gasteiger partial charge in [0.2, 0.25) is 5.78 Å². The lowest BCUT2D eigenvalue weighted by Gasteiger charge is -2.27. The number of phenolic OH excluding ortho intramolecular Hbond substituents is 1. The fraction of sp³-hybridized carbons (Fsp3) is 0.130. The monoisotopic (exact) mass is 423 g/mol. The summed E-state index contributed by atoms with van der Waals surface area (Å²) in [5, 5.41) is 20.5. The van der Waals surface area contributed by atoms with Crippen LogP contribution in [0.3, 0.4) is 0 Å². The number of benzene rings is 2. The molecule has 2 heterocycles. The number of carbonyl (C=O) groups excluding carboxylic acids is 2. The predicted molar refractivity (Wildman–Crippen MR) is 112 cm³/mol. The molecule has 4 rings (SSSR count). The lowest BCUT2D eigenvalue weighted by atomic mass is 9.94. The Hall–Kier alpha value is -3.51. The lowest BCUT2D eigenvalue weighted by molar-refractivity contribution is -0.117. The van der Waals surface area contributed by atoms with Gasteiger partial charge in [0.15, 0.2) is 11.5 Å². The summed E-state index contributed by atoms with van der Waals surface area (Å²) in [6.07, 6.45) is 2.17. The number of hydrogen-bond acceptors (Lipinski definition) is 5. The third-order valence-corrected chi connectivity index (χ3v) is 5.41. The second kappa shape index (κ2) is 7.72. The summed E-state index contributed by atoms with van der Waals surface area (Å²) in [6.45, 7) is 2.02. The van der Waals surface area contributed by atoms with E-state index in [1.165, 1.54) is 29.4 Å². The highest BCUT2D eigenvalue weighted by Gasteiger charge is 2.45. The first-order valence-electron chi connectivity index (χ1n) is 9.34. The number of aryl methyl sites for hydroxylation is 1. The number of Topliss-reactive ketones (excluding diaryl/α,β-unsaturated/α-hetero) is 1. The summed E-state index contributed by atoms with van der Waals surface area (Å²) in [6, 6.07) is 13.8. The van der Waals surface area contributed by atoms with E-state index < -0.39 is 23.5 Å². The first kappa shape index (κ1) is 19.8. The maximum atomic E-state index is 13.1. The Labute approximate surface area is 177 Å². The molecular weight excluding hydrogens is 406 g/mol. The molecule has 7 heteroatoms. The van der Waals surface area contributed by atoms with Gasteiger partial charge >= 0.3 is 0 Å². The topological polar surface area (TPSA) is 91.0 Å². The summed E-state index contributed by atoms with van der Waals surface area (Å²) in [7, 11) is 0. The predicted octanol–water partition coefficient (Wildman–Crippen LogP) is 4.98. The molecule has 30 heavy (non-hydrogen) atoms. The number of phenols is 1. The summed E-state index contributed by atoms with van der Waals surface area (Å²) in [4.78, 5) is 27.5. The molecule has 0 saturated heterocycles. The van der Waals surface area contributed by atoms with Gasteiger partial charge in [0.25, 0.3) is 5.91 Å². The second-order valence-electron chi connectivity index (χ2n) is 6.88. The van der Waals surface area contributed by atoms with Crippen molar-refractivity contribution in [2.24, 2.45) is 0 Å². The third kappa shape index (κ3) is 3.25. The van der Waals surface area contributed by atoms with E-state index in [4.69, 9.17) is 16.0 Å². The fourth-order valence-electron chi connectivity index (χ4n) is 3.54. The fourth-order valence-corrected chi connectivity index (χ4v) is 3.73. The van der Waals surface area contributed by atoms with Crippen molar-refractivity contribution < 1.29 is 24.2 Å². The number of hydrogen-bond donors (Lipinski definition) is 2. The number of aromatic hydroxyl groups is 1. The van der Waals surface area contributed by atoms with Crippen LogP contribution in [0.2, 0.25) is 5.02 Å². The highest BCUT2D eigenvalue weighted by Crippen LogP contribution is 2.43. The number of halogens is 1. The first-order valence-corrected chi connectivity index (χ1v) is 9.72. The van der Waals surface area contributed by atoms with Crippen molar-refractivity contribution in [2.75, 3.05) is 4.90 Å². The molecule has 0 fully saturated rings. The molecule has 3 aromatic rings. The van der Waals surface area contributed by atoms with Crippen LogP contribution in [-0.2, 0) is 11.2 Å². The van der Waals surface area contributed by atoms with E-state index >= 15 is 0 Å². The van der Waals surface area contributed by atoms with E-state index in [1.54, 1.807) is 24.3 Å². The molecule has 1 aromatic heterocycles. The first-order chi connectivity index (χ1) is 14.4. The van der Waals surface area contributed by atoms with Crippen molar-refractivity contribution in [3.63, 3.8) is 0 Å². The molecule has 0 aliphatic carbocycles. The highest BCUT2D eigenvalue weighted by atomic mass is 35.5. The number of ketones is 1. The maximum absolute atomic E-state index is 13.1. The Kier molecular flexibility index (Phi) is 5.10. The van der Waals surface area contributed by atoms with Crippen LogP contribution in [-0.4, -0.2) is 21.9 Å². The number of carbonyl (C=O) groups is 2. The summed E-state index contributed by atoms with van der Waals surface area (Å²) in [5.74, 6) is -2.08. The number of nitrogens with zero attached hydrogens (tertiary/aromatic N) is 1. The molecule has 6 nitrogen and oxygen atoms in total. The quantitative estimate of drug-likeness (QED) is 0.564. The number of furan rings is 1. The van der Waals surface area contributed by atoms with Crippen molar-refractivity contribution in [2.45, 2.75) is 19.4 Å². The Morgan fingerprint density at radius 1 is 1.13 bits per heavy atom. The Morgan fingerprint density at radius 3 is 2.47 bits per heavy atom. The second-order valence-corrected chi connectivity index (χ2v) is 7.28. The summed E-state index contributed by atoms with van der Waals surface area (Å²) < 4.78 is 5.20. The van der Waals surface area contributed by atoms with Gasteiger partial charge in [0.1, 0.15) is 5.75 Å². The average molecular weight is 424 g/mol. The van der Waals surface area contributed by atoms with Gasteiger partial charge in [-0.15, -0.1) is 0 Å². The average Bonchev–Trinajstić information content (AvgIpc) is 3.37. The van der Waals surface area contributed by atoms with E-state index in [-0.39, 0.29) is 22.1 Å². The summed E-state index contributed by atoms with van der Waals surface area (Å²) in [5.41, 5.74) is 1.94. The van der Waals surface area contributed by atoms with Gasteiger partial charge in [-0.1, -0.05) is 36.7 Å². The van der Waals surface area contributed by atoms with E-state index in [2.05, 4.69) is 0 Å². The smallest absolute Gasteiger partial charge is 0.294 e. The van der Waals surface area contributed by atoms with Crippen molar-refractivity contribution in [1.29, 1.82) is 0 Å². The molecule has 0 radical (unpaired) electrons. The zero-order valence-electron chi connectivity index (χ0n) is 16.0. The minimum Gasteiger partial charge on any atom is -0.506 e. The zero-order valence-corrected chi connectivity index (χ0v) is 16.8. The number of anilines is 1. The van der Waals surface area contributed by atoms with Crippen LogP contribution < -0.4 is 4.90 Å². The number of amides is 1. The van der Waals surface area contributed by atoms with Gasteiger partial charge in [0, 0.05) is 5.69 Å². The van der Waals surface area contributed by atoms with Crippen LogP contribution >= 0.6 is 11.6 Å². The van der Waals surface area contributed by atoms with Gasteiger partial charge in [-0.05, 0) is 53.9 Å². The van der Waals surface area contributed by atoms with Gasteiger partial charge in [-0.25, -0.2) is 0 Å². The molecule has 152 valence electrons. The molecule has 0 bridgehead atoms. The van der Waals surface area contributed by atoms with Crippen molar-refractivity contribution >= 4 is 29.0 Å². The normalized spacial score (nSPS) is 16.4. The molecule has 1 aliphatic rings. The maximum Gasteiger partial charge on any atom is 0.294 e. The van der Waals surface area contributed by atoms with Crippen LogP contribution in [0.25, 0.3) is 0 Å². The Balaban J connectivity index is 1.88. The largest absolute Gasteiger partial charge is 0.506 e. The van der Waals surface area contributed by atoms with E-state index in [0.717, 1.165) is 12.0 Å².